The van der Waals surface area contributed by atoms with Crippen molar-refractivity contribution in [2.24, 2.45) is 0 Å². The van der Waals surface area contributed by atoms with Gasteiger partial charge in [-0.05, 0) is 0 Å². The Hall–Kier alpha value is -1.89. The number of hydrogen-bond acceptors (Lipinski definition) is 5. The van der Waals surface area contributed by atoms with E-state index in [1.807, 2.05) is 17.3 Å². The van der Waals surface area contributed by atoms with Gasteiger partial charge in [-0.25, -0.2) is 14.8 Å². The lowest BCUT2D eigenvalue weighted by Crippen LogP contribution is -2.52. The molecule has 0 aliphatic carbocycles. The maximum absolute atomic E-state index is 11.6. The van der Waals surface area contributed by atoms with E-state index in [9.17, 15) is 4.79 Å². The van der Waals surface area contributed by atoms with Crippen molar-refractivity contribution in [1.29, 1.82) is 0 Å². The highest BCUT2D eigenvalue weighted by Gasteiger charge is 2.36. The molecule has 0 saturated carbocycles. The van der Waals surface area contributed by atoms with Crippen LogP contribution in [-0.2, 0) is 6.54 Å². The second-order valence-corrected chi connectivity index (χ2v) is 5.91. The number of amides is 2. The number of carbonyl (C=O) groups excluding carboxylic acids is 1. The van der Waals surface area contributed by atoms with E-state index in [0.29, 0.717) is 12.6 Å². The molecule has 0 radical (unpaired) electrons. The Labute approximate surface area is 124 Å². The average Bonchev–Trinajstić information content (AvgIpc) is 2.86. The van der Waals surface area contributed by atoms with Crippen molar-refractivity contribution in [3.63, 3.8) is 0 Å². The van der Waals surface area contributed by atoms with Crippen LogP contribution in [0.3, 0.4) is 0 Å². The zero-order chi connectivity index (χ0) is 14.8. The summed E-state index contributed by atoms with van der Waals surface area (Å²) in [6.07, 6.45) is 3.75. The second-order valence-electron chi connectivity index (χ2n) is 5.91. The fourth-order valence-corrected chi connectivity index (χ4v) is 2.71. The number of fused-ring (bicyclic) bond motifs is 1. The molecule has 7 nitrogen and oxygen atoms in total. The Balaban J connectivity index is 1.61. The summed E-state index contributed by atoms with van der Waals surface area (Å²) >= 11 is 0. The highest BCUT2D eigenvalue weighted by molar-refractivity contribution is 5.77. The third-order valence-electron chi connectivity index (χ3n) is 3.92. The fraction of sp³-hybridized carbons (Fsp3) is 0.643. The molecule has 2 aliphatic heterocycles. The first-order valence-electron chi connectivity index (χ1n) is 7.47. The van der Waals surface area contributed by atoms with E-state index in [4.69, 9.17) is 0 Å². The molecule has 7 heteroatoms. The summed E-state index contributed by atoms with van der Waals surface area (Å²) in [6.45, 7) is 8.04. The van der Waals surface area contributed by atoms with Gasteiger partial charge in [0.2, 0.25) is 5.95 Å². The van der Waals surface area contributed by atoms with Crippen molar-refractivity contribution in [2.75, 3.05) is 31.1 Å². The lowest BCUT2D eigenvalue weighted by Gasteiger charge is -2.36. The van der Waals surface area contributed by atoms with Gasteiger partial charge in [-0.3, -0.25) is 0 Å². The van der Waals surface area contributed by atoms with Crippen LogP contribution in [0.5, 0.6) is 0 Å². The Morgan fingerprint density at radius 3 is 2.86 bits per heavy atom. The van der Waals surface area contributed by atoms with Crippen LogP contribution in [0.1, 0.15) is 19.4 Å². The van der Waals surface area contributed by atoms with Crippen molar-refractivity contribution < 1.29 is 4.79 Å². The number of rotatable bonds is 4. The maximum Gasteiger partial charge on any atom is 0.317 e. The first kappa shape index (κ1) is 14.1. The molecule has 1 unspecified atom stereocenters. The molecule has 2 aliphatic rings. The van der Waals surface area contributed by atoms with Crippen LogP contribution in [0.25, 0.3) is 0 Å². The minimum absolute atomic E-state index is 0.0516. The van der Waals surface area contributed by atoms with Crippen molar-refractivity contribution in [2.45, 2.75) is 32.5 Å². The fourth-order valence-electron chi connectivity index (χ4n) is 2.71. The minimum Gasteiger partial charge on any atom is -0.337 e. The lowest BCUT2D eigenvalue weighted by atomic mass is 10.2. The smallest absolute Gasteiger partial charge is 0.317 e. The summed E-state index contributed by atoms with van der Waals surface area (Å²) in [5, 5.41) is 6.23. The Morgan fingerprint density at radius 1 is 1.38 bits per heavy atom. The number of anilines is 1. The van der Waals surface area contributed by atoms with E-state index in [1.165, 1.54) is 0 Å². The summed E-state index contributed by atoms with van der Waals surface area (Å²) in [6, 6.07) is 0.734. The van der Waals surface area contributed by atoms with Gasteiger partial charge >= 0.3 is 6.03 Å². The molecular weight excluding hydrogens is 268 g/mol. The summed E-state index contributed by atoms with van der Waals surface area (Å²) in [7, 11) is 0. The number of nitrogens with zero attached hydrogens (tertiary/aromatic N) is 4. The van der Waals surface area contributed by atoms with Crippen LogP contribution in [-0.4, -0.2) is 59.2 Å². The summed E-state index contributed by atoms with van der Waals surface area (Å²) < 4.78 is 0. The molecule has 0 spiro atoms. The molecule has 114 valence electrons. The molecule has 1 atom stereocenters. The third-order valence-corrected chi connectivity index (χ3v) is 3.92. The van der Waals surface area contributed by atoms with Gasteiger partial charge < -0.3 is 20.4 Å². The molecule has 2 saturated heterocycles. The SMILES string of the molecule is CC(C)NCc1cnc(N2CCN3C(=O)NCC3C2)nc1. The molecule has 2 fully saturated rings. The highest BCUT2D eigenvalue weighted by Crippen LogP contribution is 2.17. The number of urea groups is 1. The molecule has 21 heavy (non-hydrogen) atoms. The number of aromatic nitrogens is 2. The zero-order valence-corrected chi connectivity index (χ0v) is 12.5. The lowest BCUT2D eigenvalue weighted by molar-refractivity contribution is 0.197. The monoisotopic (exact) mass is 290 g/mol. The predicted molar refractivity (Wildman–Crippen MR) is 80.1 cm³/mol. The van der Waals surface area contributed by atoms with Gasteiger partial charge in [0.05, 0.1) is 6.04 Å². The molecule has 2 N–H and O–H groups in total. The molecule has 1 aromatic rings. The first-order valence-corrected chi connectivity index (χ1v) is 7.47. The van der Waals surface area contributed by atoms with Crippen LogP contribution in [0.4, 0.5) is 10.7 Å². The van der Waals surface area contributed by atoms with Crippen LogP contribution in [0.15, 0.2) is 12.4 Å². The Bertz CT molecular complexity index is 503. The molecule has 0 aromatic carbocycles. The Kier molecular flexibility index (Phi) is 3.92. The van der Waals surface area contributed by atoms with E-state index in [0.717, 1.165) is 37.7 Å². The van der Waals surface area contributed by atoms with Gasteiger partial charge in [-0.15, -0.1) is 0 Å². The number of nitrogens with one attached hydrogen (secondary N) is 2. The summed E-state index contributed by atoms with van der Waals surface area (Å²) in [5.74, 6) is 0.752. The molecule has 1 aromatic heterocycles. The van der Waals surface area contributed by atoms with Crippen molar-refractivity contribution >= 4 is 12.0 Å². The normalized spacial score (nSPS) is 21.7. The van der Waals surface area contributed by atoms with Gasteiger partial charge in [0.25, 0.3) is 0 Å². The van der Waals surface area contributed by atoms with Crippen molar-refractivity contribution in [3.8, 4) is 0 Å². The molecule has 3 heterocycles. The van der Waals surface area contributed by atoms with E-state index in [2.05, 4.69) is 39.3 Å². The van der Waals surface area contributed by atoms with E-state index in [1.54, 1.807) is 0 Å². The molecule has 2 amide bonds. The number of carbonyl (C=O) groups is 1. The van der Waals surface area contributed by atoms with Crippen molar-refractivity contribution in [3.05, 3.63) is 18.0 Å². The van der Waals surface area contributed by atoms with Crippen LogP contribution < -0.4 is 15.5 Å². The first-order chi connectivity index (χ1) is 10.1. The van der Waals surface area contributed by atoms with Crippen LogP contribution in [0.2, 0.25) is 0 Å². The number of hydrogen-bond donors (Lipinski definition) is 2. The van der Waals surface area contributed by atoms with Gasteiger partial charge in [0.15, 0.2) is 0 Å². The average molecular weight is 290 g/mol. The number of piperazine rings is 1. The van der Waals surface area contributed by atoms with Crippen LogP contribution >= 0.6 is 0 Å². The van der Waals surface area contributed by atoms with Gasteiger partial charge in [-0.2, -0.15) is 0 Å². The molecule has 0 bridgehead atoms. The minimum atomic E-state index is 0.0516. The predicted octanol–water partition coefficient (Wildman–Crippen LogP) is 0.188. The van der Waals surface area contributed by atoms with Gasteiger partial charge in [0, 0.05) is 56.7 Å². The van der Waals surface area contributed by atoms with E-state index >= 15 is 0 Å². The van der Waals surface area contributed by atoms with Gasteiger partial charge in [-0.1, -0.05) is 13.8 Å². The molecular formula is C14H22N6O. The standard InChI is InChI=1S/C14H22N6O/c1-10(2)15-5-11-6-16-13(17-7-11)19-3-4-20-12(9-19)8-18-14(20)21/h6-7,10,12,15H,3-5,8-9H2,1-2H3,(H,18,21). The summed E-state index contributed by atoms with van der Waals surface area (Å²) in [5.41, 5.74) is 1.09. The Morgan fingerprint density at radius 2 is 2.14 bits per heavy atom. The van der Waals surface area contributed by atoms with Gasteiger partial charge in [0.1, 0.15) is 0 Å². The molecule has 3 rings (SSSR count). The largest absolute Gasteiger partial charge is 0.337 e. The van der Waals surface area contributed by atoms with Crippen molar-refractivity contribution in [1.82, 2.24) is 25.5 Å². The van der Waals surface area contributed by atoms with E-state index < -0.39 is 0 Å². The maximum atomic E-state index is 11.6. The van der Waals surface area contributed by atoms with Crippen LogP contribution in [0, 0.1) is 0 Å². The highest BCUT2D eigenvalue weighted by atomic mass is 16.2. The third kappa shape index (κ3) is 3.07. The quantitative estimate of drug-likeness (QED) is 0.828. The summed E-state index contributed by atoms with van der Waals surface area (Å²) in [4.78, 5) is 24.6. The van der Waals surface area contributed by atoms with E-state index in [-0.39, 0.29) is 12.1 Å². The topological polar surface area (TPSA) is 73.4 Å². The zero-order valence-electron chi connectivity index (χ0n) is 12.5. The second kappa shape index (κ2) is 5.85.